The molecule has 0 aliphatic heterocycles. The number of aromatic nitrogens is 2. The molecule has 0 bridgehead atoms. The Bertz CT molecular complexity index is 722. The number of anilines is 1. The molecule has 0 fully saturated rings. The van der Waals surface area contributed by atoms with Gasteiger partial charge in [0.25, 0.3) is 5.89 Å². The van der Waals surface area contributed by atoms with Gasteiger partial charge in [-0.2, -0.15) is 4.98 Å². The lowest BCUT2D eigenvalue weighted by atomic mass is 10.1. The van der Waals surface area contributed by atoms with Gasteiger partial charge in [0.15, 0.2) is 5.82 Å². The number of benzene rings is 2. The Labute approximate surface area is 124 Å². The first kappa shape index (κ1) is 12.9. The summed E-state index contributed by atoms with van der Waals surface area (Å²) in [6.07, 6.45) is 0.625. The number of nitrogen functional groups attached to an aromatic ring is 1. The fraction of sp³-hybridized carbons (Fsp3) is 0.0667. The summed E-state index contributed by atoms with van der Waals surface area (Å²) in [4.78, 5) is 4.41. The fourth-order valence-corrected chi connectivity index (χ4v) is 2.31. The molecule has 0 radical (unpaired) electrons. The molecule has 2 N–H and O–H groups in total. The largest absolute Gasteiger partial charge is 0.399 e. The van der Waals surface area contributed by atoms with Crippen molar-refractivity contribution in [2.24, 2.45) is 0 Å². The zero-order chi connectivity index (χ0) is 13.9. The van der Waals surface area contributed by atoms with Gasteiger partial charge >= 0.3 is 0 Å². The molecule has 0 unspecified atom stereocenters. The maximum absolute atomic E-state index is 5.66. The van der Waals surface area contributed by atoms with Crippen LogP contribution in [-0.4, -0.2) is 10.1 Å². The van der Waals surface area contributed by atoms with Crippen molar-refractivity contribution in [3.8, 4) is 11.5 Å². The molecule has 2 aromatic carbocycles. The normalized spacial score (nSPS) is 10.7. The molecule has 3 rings (SSSR count). The van der Waals surface area contributed by atoms with Crippen molar-refractivity contribution in [2.75, 3.05) is 5.73 Å². The van der Waals surface area contributed by atoms with Crippen molar-refractivity contribution in [2.45, 2.75) is 6.42 Å². The third-order valence-electron chi connectivity index (χ3n) is 2.93. The van der Waals surface area contributed by atoms with E-state index in [4.69, 9.17) is 10.3 Å². The second-order valence-corrected chi connectivity index (χ2v) is 5.26. The van der Waals surface area contributed by atoms with Crippen LogP contribution in [0.15, 0.2) is 57.5 Å². The van der Waals surface area contributed by atoms with Gasteiger partial charge < -0.3 is 10.3 Å². The topological polar surface area (TPSA) is 64.9 Å². The van der Waals surface area contributed by atoms with Gasteiger partial charge in [-0.1, -0.05) is 39.3 Å². The Kier molecular flexibility index (Phi) is 3.52. The van der Waals surface area contributed by atoms with E-state index in [2.05, 4.69) is 26.1 Å². The predicted molar refractivity (Wildman–Crippen MR) is 81.1 cm³/mol. The van der Waals surface area contributed by atoms with Gasteiger partial charge in [-0.3, -0.25) is 0 Å². The smallest absolute Gasteiger partial charge is 0.257 e. The van der Waals surface area contributed by atoms with Crippen molar-refractivity contribution in [1.29, 1.82) is 0 Å². The predicted octanol–water partition coefficient (Wildman–Crippen LogP) is 3.67. The van der Waals surface area contributed by atoms with E-state index in [-0.39, 0.29) is 0 Å². The Balaban J connectivity index is 1.84. The standard InChI is InChI=1S/C15H12BrN3O/c16-13-4-2-1-3-11(13)9-14-18-15(20-19-14)10-5-7-12(17)8-6-10/h1-8H,9,17H2. The van der Waals surface area contributed by atoms with E-state index in [0.29, 0.717) is 23.8 Å². The maximum atomic E-state index is 5.66. The van der Waals surface area contributed by atoms with Crippen LogP contribution in [0, 0.1) is 0 Å². The van der Waals surface area contributed by atoms with E-state index in [0.717, 1.165) is 15.6 Å². The summed E-state index contributed by atoms with van der Waals surface area (Å²) >= 11 is 3.51. The zero-order valence-corrected chi connectivity index (χ0v) is 12.2. The Morgan fingerprint density at radius 1 is 1.05 bits per heavy atom. The van der Waals surface area contributed by atoms with E-state index in [1.54, 1.807) is 0 Å². The summed E-state index contributed by atoms with van der Waals surface area (Å²) in [6.45, 7) is 0. The van der Waals surface area contributed by atoms with Crippen molar-refractivity contribution in [1.82, 2.24) is 10.1 Å². The minimum atomic E-state index is 0.507. The van der Waals surface area contributed by atoms with Crippen LogP contribution in [0.4, 0.5) is 5.69 Å². The summed E-state index contributed by atoms with van der Waals surface area (Å²) in [5.74, 6) is 1.16. The first-order chi connectivity index (χ1) is 9.72. The Morgan fingerprint density at radius 2 is 1.80 bits per heavy atom. The highest BCUT2D eigenvalue weighted by Crippen LogP contribution is 2.21. The minimum Gasteiger partial charge on any atom is -0.399 e. The van der Waals surface area contributed by atoms with Gasteiger partial charge in [0.1, 0.15) is 0 Å². The molecule has 1 heterocycles. The van der Waals surface area contributed by atoms with Crippen molar-refractivity contribution < 1.29 is 4.52 Å². The van der Waals surface area contributed by atoms with Crippen LogP contribution >= 0.6 is 15.9 Å². The molecule has 3 aromatic rings. The third-order valence-corrected chi connectivity index (χ3v) is 3.71. The minimum absolute atomic E-state index is 0.507. The van der Waals surface area contributed by atoms with Gasteiger partial charge in [0.2, 0.25) is 0 Å². The third kappa shape index (κ3) is 2.72. The van der Waals surface area contributed by atoms with Crippen LogP contribution in [0.25, 0.3) is 11.5 Å². The quantitative estimate of drug-likeness (QED) is 0.744. The number of nitrogens with two attached hydrogens (primary N) is 1. The molecule has 0 saturated heterocycles. The average Bonchev–Trinajstić information content (AvgIpc) is 2.91. The zero-order valence-electron chi connectivity index (χ0n) is 10.6. The van der Waals surface area contributed by atoms with Crippen LogP contribution in [-0.2, 0) is 6.42 Å². The molecule has 0 amide bonds. The fourth-order valence-electron chi connectivity index (χ4n) is 1.88. The highest BCUT2D eigenvalue weighted by Gasteiger charge is 2.10. The van der Waals surface area contributed by atoms with Crippen LogP contribution < -0.4 is 5.73 Å². The summed E-state index contributed by atoms with van der Waals surface area (Å²) < 4.78 is 6.33. The molecule has 0 spiro atoms. The Hall–Kier alpha value is -2.14. The van der Waals surface area contributed by atoms with Crippen molar-refractivity contribution in [3.05, 3.63) is 64.4 Å². The van der Waals surface area contributed by atoms with Crippen LogP contribution in [0.5, 0.6) is 0 Å². The van der Waals surface area contributed by atoms with Gasteiger partial charge in [0, 0.05) is 22.1 Å². The summed E-state index contributed by atoms with van der Waals surface area (Å²) in [5.41, 5.74) is 8.36. The van der Waals surface area contributed by atoms with Gasteiger partial charge in [-0.05, 0) is 35.9 Å². The molecule has 0 aliphatic rings. The first-order valence-corrected chi connectivity index (χ1v) is 6.93. The van der Waals surface area contributed by atoms with Gasteiger partial charge in [0.05, 0.1) is 0 Å². The number of nitrogens with zero attached hydrogens (tertiary/aromatic N) is 2. The highest BCUT2D eigenvalue weighted by atomic mass is 79.9. The molecular formula is C15H12BrN3O. The second-order valence-electron chi connectivity index (χ2n) is 4.41. The SMILES string of the molecule is Nc1ccc(-c2nc(Cc3ccccc3Br)no2)cc1. The van der Waals surface area contributed by atoms with E-state index >= 15 is 0 Å². The first-order valence-electron chi connectivity index (χ1n) is 6.14. The molecule has 20 heavy (non-hydrogen) atoms. The molecule has 1 aromatic heterocycles. The lowest BCUT2D eigenvalue weighted by Gasteiger charge is -1.99. The summed E-state index contributed by atoms with van der Waals surface area (Å²) in [6, 6.07) is 15.3. The van der Waals surface area contributed by atoms with Crippen LogP contribution in [0.2, 0.25) is 0 Å². The summed E-state index contributed by atoms with van der Waals surface area (Å²) in [7, 11) is 0. The maximum Gasteiger partial charge on any atom is 0.257 e. The molecule has 100 valence electrons. The van der Waals surface area contributed by atoms with E-state index in [9.17, 15) is 0 Å². The number of halogens is 1. The monoisotopic (exact) mass is 329 g/mol. The van der Waals surface area contributed by atoms with Crippen LogP contribution in [0.1, 0.15) is 11.4 Å². The molecule has 0 aliphatic carbocycles. The lowest BCUT2D eigenvalue weighted by Crippen LogP contribution is -1.91. The van der Waals surface area contributed by atoms with E-state index in [1.807, 2.05) is 48.5 Å². The summed E-state index contributed by atoms with van der Waals surface area (Å²) in [5, 5.41) is 4.01. The Morgan fingerprint density at radius 3 is 2.55 bits per heavy atom. The van der Waals surface area contributed by atoms with Crippen molar-refractivity contribution in [3.63, 3.8) is 0 Å². The van der Waals surface area contributed by atoms with Gasteiger partial charge in [-0.25, -0.2) is 0 Å². The molecular weight excluding hydrogens is 318 g/mol. The number of rotatable bonds is 3. The van der Waals surface area contributed by atoms with Crippen LogP contribution in [0.3, 0.4) is 0 Å². The molecule has 4 nitrogen and oxygen atoms in total. The van der Waals surface area contributed by atoms with Crippen molar-refractivity contribution >= 4 is 21.6 Å². The van der Waals surface area contributed by atoms with Gasteiger partial charge in [-0.15, -0.1) is 0 Å². The molecule has 0 saturated carbocycles. The number of hydrogen-bond donors (Lipinski definition) is 1. The lowest BCUT2D eigenvalue weighted by molar-refractivity contribution is 0.424. The molecule has 0 atom stereocenters. The highest BCUT2D eigenvalue weighted by molar-refractivity contribution is 9.10. The second kappa shape index (κ2) is 5.46. The van der Waals surface area contributed by atoms with E-state index in [1.165, 1.54) is 0 Å². The average molecular weight is 330 g/mol. The molecule has 5 heteroatoms. The van der Waals surface area contributed by atoms with E-state index < -0.39 is 0 Å². The number of hydrogen-bond acceptors (Lipinski definition) is 4.